The number of benzene rings is 3. The van der Waals surface area contributed by atoms with E-state index in [0.29, 0.717) is 31.1 Å². The van der Waals surface area contributed by atoms with Crippen LogP contribution < -0.4 is 0 Å². The zero-order valence-corrected chi connectivity index (χ0v) is 21.0. The van der Waals surface area contributed by atoms with Gasteiger partial charge in [-0.2, -0.15) is 0 Å². The third kappa shape index (κ3) is 4.89. The van der Waals surface area contributed by atoms with Gasteiger partial charge in [0.25, 0.3) is 5.91 Å². The number of carbonyl (C=O) groups excluding carboxylic acids is 2. The topological polar surface area (TPSA) is 65.6 Å². The quantitative estimate of drug-likeness (QED) is 0.424. The van der Waals surface area contributed by atoms with Gasteiger partial charge in [-0.25, -0.2) is 0 Å². The molecule has 188 valence electrons. The third-order valence-electron chi connectivity index (χ3n) is 7.54. The van der Waals surface area contributed by atoms with Crippen LogP contribution in [-0.4, -0.2) is 58.9 Å². The summed E-state index contributed by atoms with van der Waals surface area (Å²) >= 11 is 0. The van der Waals surface area contributed by atoms with E-state index in [0.717, 1.165) is 40.8 Å². The Kier molecular flexibility index (Phi) is 6.26. The number of nitrogens with one attached hydrogen (secondary N) is 1. The Bertz CT molecular complexity index is 1440. The lowest BCUT2D eigenvalue weighted by Crippen LogP contribution is -2.58. The number of fused-ring (bicyclic) bond motifs is 1. The summed E-state index contributed by atoms with van der Waals surface area (Å²) in [6.45, 7) is 4.65. The number of aromatic nitrogens is 1. The highest BCUT2D eigenvalue weighted by Crippen LogP contribution is 2.27. The largest absolute Gasteiger partial charge is 0.380 e. The molecule has 6 heteroatoms. The van der Waals surface area contributed by atoms with Crippen LogP contribution in [0.5, 0.6) is 0 Å². The first kappa shape index (κ1) is 23.5. The number of nitrogens with zero attached hydrogens (tertiary/aromatic N) is 2. The summed E-state index contributed by atoms with van der Waals surface area (Å²) in [6.07, 6.45) is 0.693. The maximum absolute atomic E-state index is 13.6. The van der Waals surface area contributed by atoms with Gasteiger partial charge in [0.15, 0.2) is 0 Å². The van der Waals surface area contributed by atoms with Crippen LogP contribution >= 0.6 is 0 Å². The number of hydrogen-bond acceptors (Lipinski definition) is 3. The highest BCUT2D eigenvalue weighted by Gasteiger charge is 2.35. The molecule has 0 radical (unpaired) electrons. The maximum Gasteiger partial charge on any atom is 0.270 e. The zero-order chi connectivity index (χ0) is 25.4. The van der Waals surface area contributed by atoms with Crippen LogP contribution in [0.4, 0.5) is 0 Å². The van der Waals surface area contributed by atoms with E-state index in [1.54, 1.807) is 4.90 Å². The van der Waals surface area contributed by atoms with Crippen molar-refractivity contribution in [1.29, 1.82) is 0 Å². The molecule has 37 heavy (non-hydrogen) atoms. The monoisotopic (exact) mass is 493 g/mol. The van der Waals surface area contributed by atoms with Gasteiger partial charge in [0.2, 0.25) is 5.91 Å². The Balaban J connectivity index is 1.26. The second-order valence-electron chi connectivity index (χ2n) is 10.3. The molecule has 2 fully saturated rings. The van der Waals surface area contributed by atoms with Gasteiger partial charge in [-0.15, -0.1) is 0 Å². The molecular formula is C31H31N3O3. The summed E-state index contributed by atoms with van der Waals surface area (Å²) in [5.74, 6) is 0.280. The van der Waals surface area contributed by atoms with Gasteiger partial charge >= 0.3 is 0 Å². The molecule has 6 rings (SSSR count). The highest BCUT2D eigenvalue weighted by atomic mass is 16.5. The number of ether oxygens (including phenoxy) is 1. The summed E-state index contributed by atoms with van der Waals surface area (Å²) in [7, 11) is 0. The van der Waals surface area contributed by atoms with Gasteiger partial charge in [-0.05, 0) is 48.2 Å². The van der Waals surface area contributed by atoms with Crippen molar-refractivity contribution in [1.82, 2.24) is 14.8 Å². The van der Waals surface area contributed by atoms with Crippen molar-refractivity contribution >= 4 is 22.7 Å². The Labute approximate surface area is 216 Å². The lowest BCUT2D eigenvalue weighted by Gasteiger charge is -2.41. The van der Waals surface area contributed by atoms with E-state index in [1.165, 1.54) is 5.56 Å². The first-order valence-electron chi connectivity index (χ1n) is 12.9. The van der Waals surface area contributed by atoms with Gasteiger partial charge < -0.3 is 19.5 Å². The minimum Gasteiger partial charge on any atom is -0.380 e. The van der Waals surface area contributed by atoms with Gasteiger partial charge in [0.05, 0.1) is 19.3 Å². The molecule has 1 atom stereocenters. The van der Waals surface area contributed by atoms with Crippen LogP contribution in [0.3, 0.4) is 0 Å². The molecule has 4 aromatic rings. The van der Waals surface area contributed by atoms with E-state index >= 15 is 0 Å². The standard InChI is InChI=1S/C31H31N3O3/c1-21-10-11-28-25(12-21)15-29(32-28)31(36)33-17-27(14-22-6-3-2-4-7-22)34(30(35)18-33)16-23-8-5-9-24(13-23)26-19-37-20-26/h2-13,15,26-27,32H,14,16-20H2,1H3/t27-/m0/s1. The lowest BCUT2D eigenvalue weighted by molar-refractivity contribution is -0.139. The molecule has 3 aromatic carbocycles. The average molecular weight is 494 g/mol. The van der Waals surface area contributed by atoms with Gasteiger partial charge in [0, 0.05) is 29.9 Å². The molecule has 2 aliphatic rings. The summed E-state index contributed by atoms with van der Waals surface area (Å²) in [5, 5.41) is 1.01. The molecule has 6 nitrogen and oxygen atoms in total. The number of aromatic amines is 1. The van der Waals surface area contributed by atoms with Crippen molar-refractivity contribution in [2.24, 2.45) is 0 Å². The first-order chi connectivity index (χ1) is 18.0. The van der Waals surface area contributed by atoms with Crippen molar-refractivity contribution in [2.45, 2.75) is 31.8 Å². The van der Waals surface area contributed by atoms with Crippen molar-refractivity contribution in [3.8, 4) is 0 Å². The van der Waals surface area contributed by atoms with Crippen molar-refractivity contribution < 1.29 is 14.3 Å². The fourth-order valence-corrected chi connectivity index (χ4v) is 5.42. The molecule has 0 unspecified atom stereocenters. The van der Waals surface area contributed by atoms with E-state index in [4.69, 9.17) is 4.74 Å². The van der Waals surface area contributed by atoms with Crippen LogP contribution in [0.2, 0.25) is 0 Å². The average Bonchev–Trinajstić information content (AvgIpc) is 3.28. The maximum atomic E-state index is 13.6. The molecule has 2 amide bonds. The number of carbonyl (C=O) groups is 2. The van der Waals surface area contributed by atoms with Crippen molar-refractivity contribution in [3.63, 3.8) is 0 Å². The number of amides is 2. The SMILES string of the molecule is Cc1ccc2[nH]c(C(=O)N3CC(=O)N(Cc4cccc(C5COC5)c4)[C@@H](Cc4ccccc4)C3)cc2c1. The zero-order valence-electron chi connectivity index (χ0n) is 21.0. The van der Waals surface area contributed by atoms with Crippen LogP contribution in [0.1, 0.15) is 38.7 Å². The molecule has 1 N–H and O–H groups in total. The van der Waals surface area contributed by atoms with Crippen LogP contribution in [-0.2, 0) is 22.5 Å². The molecule has 2 saturated heterocycles. The molecule has 0 saturated carbocycles. The Morgan fingerprint density at radius 3 is 2.57 bits per heavy atom. The smallest absolute Gasteiger partial charge is 0.270 e. The number of H-pyrrole nitrogens is 1. The summed E-state index contributed by atoms with van der Waals surface area (Å²) in [5.41, 5.74) is 6.12. The number of piperazine rings is 1. The number of rotatable bonds is 6. The summed E-state index contributed by atoms with van der Waals surface area (Å²) in [6, 6.07) is 26.5. The molecular weight excluding hydrogens is 462 g/mol. The normalized spacial score (nSPS) is 18.3. The first-order valence-corrected chi connectivity index (χ1v) is 12.9. The fourth-order valence-electron chi connectivity index (χ4n) is 5.42. The number of aryl methyl sites for hydroxylation is 1. The van der Waals surface area contributed by atoms with E-state index < -0.39 is 0 Å². The lowest BCUT2D eigenvalue weighted by atomic mass is 9.95. The molecule has 3 heterocycles. The minimum absolute atomic E-state index is 0.0233. The van der Waals surface area contributed by atoms with Crippen molar-refractivity contribution in [3.05, 3.63) is 107 Å². The summed E-state index contributed by atoms with van der Waals surface area (Å²) in [4.78, 5) is 34.0. The van der Waals surface area contributed by atoms with Crippen LogP contribution in [0.15, 0.2) is 78.9 Å². The van der Waals surface area contributed by atoms with E-state index in [-0.39, 0.29) is 24.4 Å². The Hall–Kier alpha value is -3.90. The molecule has 0 aliphatic carbocycles. The van der Waals surface area contributed by atoms with E-state index in [2.05, 4.69) is 47.4 Å². The van der Waals surface area contributed by atoms with Crippen molar-refractivity contribution in [2.75, 3.05) is 26.3 Å². The Morgan fingerprint density at radius 1 is 0.973 bits per heavy atom. The molecule has 0 bridgehead atoms. The highest BCUT2D eigenvalue weighted by molar-refractivity contribution is 6.00. The second-order valence-corrected chi connectivity index (χ2v) is 10.3. The Morgan fingerprint density at radius 2 is 1.78 bits per heavy atom. The number of hydrogen-bond donors (Lipinski definition) is 1. The predicted octanol–water partition coefficient (Wildman–Crippen LogP) is 4.69. The van der Waals surface area contributed by atoms with Crippen LogP contribution in [0, 0.1) is 6.92 Å². The molecule has 2 aliphatic heterocycles. The van der Waals surface area contributed by atoms with Crippen LogP contribution in [0.25, 0.3) is 10.9 Å². The van der Waals surface area contributed by atoms with Gasteiger partial charge in [-0.1, -0.05) is 66.2 Å². The third-order valence-corrected chi connectivity index (χ3v) is 7.54. The second kappa shape index (κ2) is 9.87. The van der Waals surface area contributed by atoms with E-state index in [9.17, 15) is 9.59 Å². The predicted molar refractivity (Wildman–Crippen MR) is 143 cm³/mol. The minimum atomic E-state index is -0.133. The van der Waals surface area contributed by atoms with Gasteiger partial charge in [0.1, 0.15) is 12.2 Å². The fraction of sp³-hybridized carbons (Fsp3) is 0.290. The van der Waals surface area contributed by atoms with Gasteiger partial charge in [-0.3, -0.25) is 9.59 Å². The summed E-state index contributed by atoms with van der Waals surface area (Å²) < 4.78 is 5.37. The van der Waals surface area contributed by atoms with E-state index in [1.807, 2.05) is 48.2 Å². The molecule has 1 aromatic heterocycles. The molecule has 0 spiro atoms.